The van der Waals surface area contributed by atoms with Crippen molar-refractivity contribution in [1.29, 1.82) is 0 Å². The van der Waals surface area contributed by atoms with E-state index in [1.54, 1.807) is 0 Å². The van der Waals surface area contributed by atoms with Crippen molar-refractivity contribution in [2.75, 3.05) is 6.61 Å². The molecule has 0 unspecified atom stereocenters. The summed E-state index contributed by atoms with van der Waals surface area (Å²) in [6.45, 7) is 7.91. The Balaban J connectivity index is 3.54. The van der Waals surface area contributed by atoms with Gasteiger partial charge in [0, 0.05) is 51.1 Å². The van der Waals surface area contributed by atoms with E-state index in [-0.39, 0.29) is 0 Å². The van der Waals surface area contributed by atoms with Gasteiger partial charge in [-0.15, -0.1) is 4.91 Å². The molecule has 6 atom stereocenters. The predicted octanol–water partition coefficient (Wildman–Crippen LogP) is -0.116. The first-order chi connectivity index (χ1) is 17.1. The molecule has 1 saturated heterocycles. The van der Waals surface area contributed by atoms with Gasteiger partial charge in [-0.05, 0) is 13.8 Å². The normalized spacial score (nSPS) is 24.0. The molecule has 37 heavy (non-hydrogen) atoms. The number of ether oxygens (including phenoxy) is 5. The van der Waals surface area contributed by atoms with Gasteiger partial charge in [0.15, 0.2) is 12.2 Å². The number of esters is 4. The lowest BCUT2D eigenvalue weighted by atomic mass is 9.94. The summed E-state index contributed by atoms with van der Waals surface area (Å²) in [4.78, 5) is 83.1. The Hall–Kier alpha value is -3.27. The van der Waals surface area contributed by atoms with Crippen molar-refractivity contribution in [3.63, 3.8) is 0 Å². The summed E-state index contributed by atoms with van der Waals surface area (Å²) >= 11 is 0.490. The lowest BCUT2D eigenvalue weighted by Crippen LogP contribution is -2.69. The van der Waals surface area contributed by atoms with E-state index < -0.39 is 83.7 Å². The molecule has 2 amide bonds. The van der Waals surface area contributed by atoms with Crippen LogP contribution in [-0.4, -0.2) is 83.7 Å². The van der Waals surface area contributed by atoms with E-state index in [0.717, 1.165) is 34.6 Å². The molecule has 1 fully saturated rings. The zero-order valence-corrected chi connectivity index (χ0v) is 22.2. The van der Waals surface area contributed by atoms with Crippen LogP contribution in [-0.2, 0) is 52.5 Å². The number of nitroso groups, excluding NO2 is 1. The molecule has 1 aliphatic heterocycles. The smallest absolute Gasteiger partial charge is 0.305 e. The lowest BCUT2D eigenvalue weighted by molar-refractivity contribution is -0.271. The first kappa shape index (κ1) is 31.8. The molecular formula is C21H31N3O12S. The summed E-state index contributed by atoms with van der Waals surface area (Å²) in [5.74, 6) is -4.71. The topological polar surface area (TPSA) is 202 Å². The number of nitrogens with zero attached hydrogens (tertiary/aromatic N) is 1. The van der Waals surface area contributed by atoms with Crippen molar-refractivity contribution in [3.8, 4) is 0 Å². The molecule has 15 nitrogen and oxygen atoms in total. The minimum atomic E-state index is -1.61. The van der Waals surface area contributed by atoms with Gasteiger partial charge in [0.1, 0.15) is 24.8 Å². The van der Waals surface area contributed by atoms with Crippen LogP contribution in [0.2, 0.25) is 0 Å². The van der Waals surface area contributed by atoms with Crippen molar-refractivity contribution in [3.05, 3.63) is 4.91 Å². The molecule has 208 valence electrons. The number of hydrogen-bond acceptors (Lipinski definition) is 14. The van der Waals surface area contributed by atoms with E-state index in [1.165, 1.54) is 13.8 Å². The molecule has 0 aromatic rings. The summed E-state index contributed by atoms with van der Waals surface area (Å²) < 4.78 is 28.0. The third-order valence-electron chi connectivity index (χ3n) is 4.87. The molecule has 0 saturated carbocycles. The molecule has 1 heterocycles. The van der Waals surface area contributed by atoms with E-state index in [4.69, 9.17) is 23.7 Å². The summed E-state index contributed by atoms with van der Waals surface area (Å²) in [6.07, 6.45) is -5.80. The highest BCUT2D eigenvalue weighted by molar-refractivity contribution is 7.99. The molecule has 1 aliphatic rings. The Bertz CT molecular complexity index is 911. The molecule has 0 aromatic heterocycles. The maximum Gasteiger partial charge on any atom is 0.305 e. The average molecular weight is 550 g/mol. The molecule has 1 rings (SSSR count). The van der Waals surface area contributed by atoms with Crippen LogP contribution < -0.4 is 10.6 Å². The van der Waals surface area contributed by atoms with Crippen molar-refractivity contribution in [1.82, 2.24) is 10.6 Å². The van der Waals surface area contributed by atoms with Gasteiger partial charge in [0.05, 0.1) is 4.75 Å². The van der Waals surface area contributed by atoms with Crippen LogP contribution >= 0.6 is 11.9 Å². The van der Waals surface area contributed by atoms with Crippen LogP contribution in [0.15, 0.2) is 4.58 Å². The Kier molecular flexibility index (Phi) is 11.9. The zero-order valence-electron chi connectivity index (χ0n) is 21.4. The predicted molar refractivity (Wildman–Crippen MR) is 125 cm³/mol. The minimum Gasteiger partial charge on any atom is -0.463 e. The molecule has 0 radical (unpaired) electrons. The molecule has 0 spiro atoms. The standard InChI is InChI=1S/C21H31N3O12S/c1-9(25)22-18(21(6,7)37-24-31)19(30)23-15-17(34-12(4)28)16(33-11(3)27)14(8-32-10(2)26)36-20(15)35-13(5)29/h14-18,20H,8H2,1-7H3,(H,22,25)(H,23,30)/t14-,15-,16-,17-,18+,20-/m1/s1. The highest BCUT2D eigenvalue weighted by Gasteiger charge is 2.53. The summed E-state index contributed by atoms with van der Waals surface area (Å²) in [5.41, 5.74) is 0. The second kappa shape index (κ2) is 13.9. The number of amides is 2. The van der Waals surface area contributed by atoms with Gasteiger partial charge in [-0.25, -0.2) is 0 Å². The zero-order chi connectivity index (χ0) is 28.5. The van der Waals surface area contributed by atoms with E-state index >= 15 is 0 Å². The minimum absolute atomic E-state index is 0.479. The molecule has 2 N–H and O–H groups in total. The maximum atomic E-state index is 13.4. The highest BCUT2D eigenvalue weighted by atomic mass is 32.2. The van der Waals surface area contributed by atoms with Crippen LogP contribution in [0.1, 0.15) is 48.5 Å². The second-order valence-corrected chi connectivity index (χ2v) is 9.92. The van der Waals surface area contributed by atoms with E-state index in [1.807, 2.05) is 0 Å². The Labute approximate surface area is 217 Å². The van der Waals surface area contributed by atoms with Crippen molar-refractivity contribution in [2.24, 2.45) is 4.58 Å². The Morgan fingerprint density at radius 3 is 1.89 bits per heavy atom. The fourth-order valence-electron chi connectivity index (χ4n) is 3.47. The van der Waals surface area contributed by atoms with E-state index in [9.17, 15) is 33.7 Å². The monoisotopic (exact) mass is 549 g/mol. The van der Waals surface area contributed by atoms with Gasteiger partial charge < -0.3 is 34.3 Å². The fraction of sp³-hybridized carbons (Fsp3) is 0.714. The molecule has 16 heteroatoms. The van der Waals surface area contributed by atoms with E-state index in [0.29, 0.717) is 11.9 Å². The lowest BCUT2D eigenvalue weighted by Gasteiger charge is -2.45. The van der Waals surface area contributed by atoms with Crippen molar-refractivity contribution < 1.29 is 52.5 Å². The summed E-state index contributed by atoms with van der Waals surface area (Å²) in [6, 6.07) is -2.82. The van der Waals surface area contributed by atoms with Crippen molar-refractivity contribution in [2.45, 2.75) is 89.9 Å². The van der Waals surface area contributed by atoms with Gasteiger partial charge >= 0.3 is 23.9 Å². The quantitative estimate of drug-likeness (QED) is 0.150. The van der Waals surface area contributed by atoms with Crippen LogP contribution in [0.3, 0.4) is 0 Å². The molecule has 0 aromatic carbocycles. The van der Waals surface area contributed by atoms with Crippen LogP contribution in [0.4, 0.5) is 0 Å². The number of rotatable bonds is 11. The first-order valence-electron chi connectivity index (χ1n) is 11.0. The molecule has 0 bridgehead atoms. The van der Waals surface area contributed by atoms with Gasteiger partial charge in [-0.2, -0.15) is 0 Å². The van der Waals surface area contributed by atoms with Gasteiger partial charge in [0.2, 0.25) is 18.1 Å². The van der Waals surface area contributed by atoms with Gasteiger partial charge in [0.25, 0.3) is 0 Å². The van der Waals surface area contributed by atoms with Crippen LogP contribution in [0, 0.1) is 4.91 Å². The maximum absolute atomic E-state index is 13.4. The Morgan fingerprint density at radius 2 is 1.43 bits per heavy atom. The number of hydrogen-bond donors (Lipinski definition) is 2. The highest BCUT2D eigenvalue weighted by Crippen LogP contribution is 2.31. The number of nitrogens with one attached hydrogen (secondary N) is 2. The largest absolute Gasteiger partial charge is 0.463 e. The Morgan fingerprint density at radius 1 is 0.892 bits per heavy atom. The summed E-state index contributed by atoms with van der Waals surface area (Å²) in [5, 5.41) is 4.92. The molecule has 0 aliphatic carbocycles. The SMILES string of the molecule is CC(=O)N[C@@H](C(=O)N[C@H]1[C@H](OC(C)=O)O[C@H](COC(C)=O)[C@@H](OC(C)=O)[C@@H]1OC(C)=O)C(C)(C)SN=O. The average Bonchev–Trinajstić information content (AvgIpc) is 2.73. The fourth-order valence-corrected chi connectivity index (χ4v) is 3.94. The van der Waals surface area contributed by atoms with E-state index in [2.05, 4.69) is 15.2 Å². The second-order valence-electron chi connectivity index (χ2n) is 8.54. The van der Waals surface area contributed by atoms with Gasteiger partial charge in [-0.1, -0.05) is 0 Å². The third kappa shape index (κ3) is 9.95. The van der Waals surface area contributed by atoms with Crippen LogP contribution in [0.5, 0.6) is 0 Å². The van der Waals surface area contributed by atoms with Crippen LogP contribution in [0.25, 0.3) is 0 Å². The van der Waals surface area contributed by atoms with Gasteiger partial charge in [-0.3, -0.25) is 28.8 Å². The third-order valence-corrected chi connectivity index (χ3v) is 5.65. The summed E-state index contributed by atoms with van der Waals surface area (Å²) in [7, 11) is 0. The number of carbonyl (C=O) groups excluding carboxylic acids is 6. The first-order valence-corrected chi connectivity index (χ1v) is 11.7. The van der Waals surface area contributed by atoms with Crippen molar-refractivity contribution >= 4 is 47.6 Å². The number of carbonyl (C=O) groups is 6. The molecular weight excluding hydrogens is 518 g/mol.